The quantitative estimate of drug-likeness (QED) is 0.342. The summed E-state index contributed by atoms with van der Waals surface area (Å²) in [6.07, 6.45) is 2.23. The van der Waals surface area contributed by atoms with Crippen LogP contribution in [0.5, 0.6) is 0 Å². The molecule has 0 aromatic heterocycles. The molecule has 6 heteroatoms. The Morgan fingerprint density at radius 1 is 1.23 bits per heavy atom. The van der Waals surface area contributed by atoms with Crippen LogP contribution in [0.4, 0.5) is 0 Å². The Kier molecular flexibility index (Phi) is 3.78. The maximum atomic E-state index is 12.2. The van der Waals surface area contributed by atoms with Gasteiger partial charge in [-0.05, 0) is 55.6 Å². The number of hydrogen-bond donors (Lipinski definition) is 3. The van der Waals surface area contributed by atoms with Crippen molar-refractivity contribution in [2.24, 2.45) is 17.3 Å². The van der Waals surface area contributed by atoms with E-state index in [9.17, 15) is 20.1 Å². The molecule has 7 atom stereocenters. The lowest BCUT2D eigenvalue weighted by Crippen LogP contribution is -2.39. The molecular weight excluding hydrogens is 336 g/mol. The number of aliphatic hydroxyl groups excluding tert-OH is 2. The third-order valence-electron chi connectivity index (χ3n) is 6.88. The fraction of sp³-hybridized carbons (Fsp3) is 0.750. The molecule has 4 aliphatic rings. The molecule has 0 aromatic carbocycles. The highest BCUT2D eigenvalue weighted by molar-refractivity contribution is 5.91. The topological polar surface area (TPSA) is 99.5 Å². The second kappa shape index (κ2) is 5.41. The largest absolute Gasteiger partial charge is 0.426 e. The van der Waals surface area contributed by atoms with E-state index in [2.05, 4.69) is 19.9 Å². The van der Waals surface area contributed by atoms with E-state index in [1.807, 2.05) is 6.92 Å². The van der Waals surface area contributed by atoms with Gasteiger partial charge >= 0.3 is 5.97 Å². The predicted molar refractivity (Wildman–Crippen MR) is 92.8 cm³/mol. The molecule has 0 amide bonds. The smallest absolute Gasteiger partial charge is 0.336 e. The number of epoxide rings is 1. The van der Waals surface area contributed by atoms with Crippen molar-refractivity contribution in [2.45, 2.75) is 76.7 Å². The van der Waals surface area contributed by atoms with Gasteiger partial charge in [0.2, 0.25) is 5.79 Å². The van der Waals surface area contributed by atoms with Crippen LogP contribution in [0.15, 0.2) is 23.3 Å². The molecule has 2 aliphatic carbocycles. The van der Waals surface area contributed by atoms with E-state index in [1.165, 1.54) is 6.08 Å². The number of ether oxygens (including phenoxy) is 2. The van der Waals surface area contributed by atoms with Crippen molar-refractivity contribution in [2.75, 3.05) is 0 Å². The molecule has 7 unspecified atom stereocenters. The van der Waals surface area contributed by atoms with Gasteiger partial charge in [0, 0.05) is 12.0 Å². The maximum Gasteiger partial charge on any atom is 0.336 e. The van der Waals surface area contributed by atoms with Crippen LogP contribution < -0.4 is 0 Å². The molecule has 0 spiro atoms. The lowest BCUT2D eigenvalue weighted by Gasteiger charge is -2.23. The summed E-state index contributed by atoms with van der Waals surface area (Å²) in [5.41, 5.74) is 0.470. The number of carbonyl (C=O) groups is 1. The minimum Gasteiger partial charge on any atom is -0.426 e. The van der Waals surface area contributed by atoms with Crippen molar-refractivity contribution in [1.82, 2.24) is 0 Å². The first-order valence-electron chi connectivity index (χ1n) is 9.37. The molecule has 144 valence electrons. The number of allylic oxidation sites excluding steroid dienone is 1. The highest BCUT2D eigenvalue weighted by atomic mass is 16.7. The number of hydrogen-bond acceptors (Lipinski definition) is 6. The molecule has 6 nitrogen and oxygen atoms in total. The lowest BCUT2D eigenvalue weighted by atomic mass is 9.90. The van der Waals surface area contributed by atoms with E-state index >= 15 is 0 Å². The fourth-order valence-electron chi connectivity index (χ4n) is 4.98. The summed E-state index contributed by atoms with van der Waals surface area (Å²) in [7, 11) is 0. The molecule has 1 saturated carbocycles. The first-order valence-corrected chi connectivity index (χ1v) is 9.37. The van der Waals surface area contributed by atoms with Crippen LogP contribution >= 0.6 is 0 Å². The molecule has 3 N–H and O–H groups in total. The zero-order chi connectivity index (χ0) is 19.1. The van der Waals surface area contributed by atoms with E-state index in [4.69, 9.17) is 9.47 Å². The van der Waals surface area contributed by atoms with Gasteiger partial charge in [0.15, 0.2) is 0 Å². The number of carbonyl (C=O) groups excluding carboxylic acids is 1. The highest BCUT2D eigenvalue weighted by Crippen LogP contribution is 2.62. The standard InChI is InChI=1S/C20H28O6/c1-10-7-13-12(18(13,2)3)6-5-11-8-20(24,26-17(11)23)9-19(4)16(25-19)15(22)14(10)21/h7-8,12-16,21-22,24H,5-6,9H2,1-4H3. The average molecular weight is 364 g/mol. The van der Waals surface area contributed by atoms with Gasteiger partial charge in [0.25, 0.3) is 0 Å². The van der Waals surface area contributed by atoms with Crippen molar-refractivity contribution in [3.63, 3.8) is 0 Å². The molecule has 0 aromatic rings. The second-order valence-electron chi connectivity index (χ2n) is 9.27. The molecule has 4 rings (SSSR count). The number of esters is 1. The summed E-state index contributed by atoms with van der Waals surface area (Å²) < 4.78 is 10.8. The monoisotopic (exact) mass is 364 g/mol. The minimum atomic E-state index is -1.71. The van der Waals surface area contributed by atoms with Gasteiger partial charge in [-0.2, -0.15) is 0 Å². The van der Waals surface area contributed by atoms with Crippen LogP contribution in [0.25, 0.3) is 0 Å². The zero-order valence-electron chi connectivity index (χ0n) is 15.7. The summed E-state index contributed by atoms with van der Waals surface area (Å²) in [6.45, 7) is 7.92. The van der Waals surface area contributed by atoms with Crippen LogP contribution in [0.3, 0.4) is 0 Å². The fourth-order valence-corrected chi connectivity index (χ4v) is 4.98. The Morgan fingerprint density at radius 3 is 2.62 bits per heavy atom. The summed E-state index contributed by atoms with van der Waals surface area (Å²) >= 11 is 0. The van der Waals surface area contributed by atoms with E-state index in [1.54, 1.807) is 6.92 Å². The van der Waals surface area contributed by atoms with Gasteiger partial charge in [-0.15, -0.1) is 0 Å². The highest BCUT2D eigenvalue weighted by Gasteiger charge is 2.62. The van der Waals surface area contributed by atoms with Gasteiger partial charge in [0.05, 0.1) is 0 Å². The number of aliphatic hydroxyl groups is 3. The van der Waals surface area contributed by atoms with Crippen LogP contribution in [0.1, 0.15) is 47.0 Å². The molecule has 2 aliphatic heterocycles. The van der Waals surface area contributed by atoms with E-state index in [0.29, 0.717) is 17.9 Å². The van der Waals surface area contributed by atoms with Crippen LogP contribution in [0, 0.1) is 17.3 Å². The first kappa shape index (κ1) is 18.2. The number of rotatable bonds is 0. The van der Waals surface area contributed by atoms with Gasteiger partial charge in [-0.3, -0.25) is 0 Å². The van der Waals surface area contributed by atoms with Crippen molar-refractivity contribution in [3.8, 4) is 0 Å². The predicted octanol–water partition coefficient (Wildman–Crippen LogP) is 1.44. The van der Waals surface area contributed by atoms with Gasteiger partial charge in [-0.1, -0.05) is 19.9 Å². The number of fused-ring (bicyclic) bond motifs is 3. The third kappa shape index (κ3) is 2.74. The van der Waals surface area contributed by atoms with Crippen molar-refractivity contribution >= 4 is 5.97 Å². The Bertz CT molecular complexity index is 709. The Hall–Kier alpha value is -1.21. The SMILES string of the molecule is CC1=CC2C(CCC3=CC(O)(CC4(C)OC4C(O)C1O)OC3=O)C2(C)C. The van der Waals surface area contributed by atoms with Gasteiger partial charge < -0.3 is 24.8 Å². The van der Waals surface area contributed by atoms with Crippen LogP contribution in [-0.4, -0.2) is 51.0 Å². The van der Waals surface area contributed by atoms with Crippen molar-refractivity contribution < 1.29 is 29.6 Å². The zero-order valence-corrected chi connectivity index (χ0v) is 15.7. The maximum absolute atomic E-state index is 12.2. The van der Waals surface area contributed by atoms with Crippen molar-refractivity contribution in [1.29, 1.82) is 0 Å². The van der Waals surface area contributed by atoms with E-state index in [0.717, 1.165) is 12.0 Å². The molecule has 1 saturated heterocycles. The van der Waals surface area contributed by atoms with E-state index in [-0.39, 0.29) is 17.8 Å². The minimum absolute atomic E-state index is 0.0317. The summed E-state index contributed by atoms with van der Waals surface area (Å²) in [6, 6.07) is 0. The molecule has 26 heavy (non-hydrogen) atoms. The molecule has 0 radical (unpaired) electrons. The summed E-state index contributed by atoms with van der Waals surface area (Å²) in [5, 5.41) is 31.8. The lowest BCUT2D eigenvalue weighted by molar-refractivity contribution is -0.183. The van der Waals surface area contributed by atoms with Crippen LogP contribution in [0.2, 0.25) is 0 Å². The van der Waals surface area contributed by atoms with Crippen LogP contribution in [-0.2, 0) is 14.3 Å². The average Bonchev–Trinajstić information content (AvgIpc) is 3.29. The Labute approximate surface area is 153 Å². The molecule has 2 heterocycles. The second-order valence-corrected chi connectivity index (χ2v) is 9.27. The summed E-state index contributed by atoms with van der Waals surface area (Å²) in [5.74, 6) is -1.52. The Morgan fingerprint density at radius 2 is 1.92 bits per heavy atom. The molecular formula is C20H28O6. The van der Waals surface area contributed by atoms with E-state index < -0.39 is 35.7 Å². The molecule has 2 bridgehead atoms. The van der Waals surface area contributed by atoms with Gasteiger partial charge in [0.1, 0.15) is 23.9 Å². The van der Waals surface area contributed by atoms with Crippen molar-refractivity contribution in [3.05, 3.63) is 23.3 Å². The van der Waals surface area contributed by atoms with Gasteiger partial charge in [-0.25, -0.2) is 4.79 Å². The first-order chi connectivity index (χ1) is 12.0. The normalized spacial score (nSPS) is 49.8. The third-order valence-corrected chi connectivity index (χ3v) is 6.88. The Balaban J connectivity index is 1.66. The summed E-state index contributed by atoms with van der Waals surface area (Å²) in [4.78, 5) is 12.2. The molecule has 2 fully saturated rings.